The standard InChI is InChI=1S/C15H24N2O2S/c1-4-11(3)14-13(10-18)20-15(16-14)17(5-2)9-12-7-6-8-19-12/h10-12H,4-9H2,1-3H3. The first-order chi connectivity index (χ1) is 9.69. The zero-order chi connectivity index (χ0) is 14.5. The lowest BCUT2D eigenvalue weighted by atomic mass is 10.0. The molecule has 20 heavy (non-hydrogen) atoms. The number of nitrogens with zero attached hydrogens (tertiary/aromatic N) is 2. The predicted octanol–water partition coefficient (Wildman–Crippen LogP) is 3.47. The Morgan fingerprint density at radius 3 is 2.90 bits per heavy atom. The van der Waals surface area contributed by atoms with Crippen LogP contribution in [-0.4, -0.2) is 37.1 Å². The van der Waals surface area contributed by atoms with Crippen molar-refractivity contribution >= 4 is 22.8 Å². The van der Waals surface area contributed by atoms with E-state index in [2.05, 4.69) is 25.7 Å². The monoisotopic (exact) mass is 296 g/mol. The summed E-state index contributed by atoms with van der Waals surface area (Å²) in [6, 6.07) is 0. The molecule has 0 aliphatic carbocycles. The van der Waals surface area contributed by atoms with E-state index in [0.717, 1.165) is 60.9 Å². The molecule has 1 aliphatic heterocycles. The van der Waals surface area contributed by atoms with E-state index < -0.39 is 0 Å². The van der Waals surface area contributed by atoms with Crippen molar-refractivity contribution < 1.29 is 9.53 Å². The van der Waals surface area contributed by atoms with Gasteiger partial charge in [0.25, 0.3) is 0 Å². The Morgan fingerprint density at radius 2 is 2.35 bits per heavy atom. The summed E-state index contributed by atoms with van der Waals surface area (Å²) >= 11 is 1.51. The molecule has 112 valence electrons. The van der Waals surface area contributed by atoms with Crippen LogP contribution in [0.5, 0.6) is 0 Å². The Hall–Kier alpha value is -0.940. The molecule has 0 aromatic carbocycles. The maximum atomic E-state index is 11.2. The number of aldehydes is 1. The minimum Gasteiger partial charge on any atom is -0.376 e. The minimum atomic E-state index is 0.311. The van der Waals surface area contributed by atoms with Gasteiger partial charge in [-0.3, -0.25) is 4.79 Å². The first-order valence-corrected chi connectivity index (χ1v) is 8.33. The molecule has 5 heteroatoms. The predicted molar refractivity (Wildman–Crippen MR) is 83.1 cm³/mol. The summed E-state index contributed by atoms with van der Waals surface area (Å²) < 4.78 is 5.70. The van der Waals surface area contributed by atoms with Gasteiger partial charge in [0.2, 0.25) is 0 Å². The third-order valence-electron chi connectivity index (χ3n) is 3.96. The number of hydrogen-bond donors (Lipinski definition) is 0. The fraction of sp³-hybridized carbons (Fsp3) is 0.733. The Balaban J connectivity index is 2.16. The Kier molecular flexibility index (Phi) is 5.54. The fourth-order valence-electron chi connectivity index (χ4n) is 2.47. The van der Waals surface area contributed by atoms with Crippen LogP contribution in [0.3, 0.4) is 0 Å². The molecule has 2 rings (SSSR count). The molecule has 0 bridgehead atoms. The van der Waals surface area contributed by atoms with Gasteiger partial charge in [-0.1, -0.05) is 25.2 Å². The van der Waals surface area contributed by atoms with Crippen LogP contribution in [0.2, 0.25) is 0 Å². The maximum absolute atomic E-state index is 11.2. The quantitative estimate of drug-likeness (QED) is 0.723. The summed E-state index contributed by atoms with van der Waals surface area (Å²) in [5, 5.41) is 0.959. The van der Waals surface area contributed by atoms with E-state index in [0.29, 0.717) is 12.0 Å². The van der Waals surface area contributed by atoms with Gasteiger partial charge in [-0.15, -0.1) is 0 Å². The molecule has 1 saturated heterocycles. The lowest BCUT2D eigenvalue weighted by Gasteiger charge is -2.23. The van der Waals surface area contributed by atoms with Crippen LogP contribution in [0.4, 0.5) is 5.13 Å². The molecule has 2 atom stereocenters. The van der Waals surface area contributed by atoms with Crippen LogP contribution in [0.25, 0.3) is 0 Å². The first kappa shape index (κ1) is 15.4. The largest absolute Gasteiger partial charge is 0.376 e. The second kappa shape index (κ2) is 7.18. The number of anilines is 1. The number of hydrogen-bond acceptors (Lipinski definition) is 5. The highest BCUT2D eigenvalue weighted by Crippen LogP contribution is 2.31. The van der Waals surface area contributed by atoms with Crippen molar-refractivity contribution in [3.63, 3.8) is 0 Å². The molecule has 1 fully saturated rings. The van der Waals surface area contributed by atoms with Crippen molar-refractivity contribution in [1.29, 1.82) is 0 Å². The highest BCUT2D eigenvalue weighted by atomic mass is 32.1. The van der Waals surface area contributed by atoms with Crippen molar-refractivity contribution in [3.8, 4) is 0 Å². The van der Waals surface area contributed by atoms with E-state index in [1.807, 2.05) is 0 Å². The van der Waals surface area contributed by atoms with Gasteiger partial charge in [-0.2, -0.15) is 0 Å². The van der Waals surface area contributed by atoms with Crippen molar-refractivity contribution in [2.24, 2.45) is 0 Å². The Labute approximate surface area is 125 Å². The van der Waals surface area contributed by atoms with E-state index >= 15 is 0 Å². The number of ether oxygens (including phenoxy) is 1. The smallest absolute Gasteiger partial charge is 0.186 e. The van der Waals surface area contributed by atoms with Crippen LogP contribution in [0, 0.1) is 0 Å². The van der Waals surface area contributed by atoms with Gasteiger partial charge in [0.15, 0.2) is 11.4 Å². The third-order valence-corrected chi connectivity index (χ3v) is 5.01. The number of carbonyl (C=O) groups excluding carboxylic acids is 1. The van der Waals surface area contributed by atoms with Crippen LogP contribution in [0.15, 0.2) is 0 Å². The van der Waals surface area contributed by atoms with Crippen LogP contribution in [-0.2, 0) is 4.74 Å². The zero-order valence-electron chi connectivity index (χ0n) is 12.6. The minimum absolute atomic E-state index is 0.311. The summed E-state index contributed by atoms with van der Waals surface area (Å²) in [4.78, 5) is 19.0. The van der Waals surface area contributed by atoms with Crippen molar-refractivity contribution in [2.45, 2.75) is 52.1 Å². The van der Waals surface area contributed by atoms with Crippen LogP contribution >= 0.6 is 11.3 Å². The number of carbonyl (C=O) groups is 1. The number of rotatable bonds is 7. The van der Waals surface area contributed by atoms with Crippen LogP contribution in [0.1, 0.15) is 61.3 Å². The Bertz CT molecular complexity index is 441. The van der Waals surface area contributed by atoms with E-state index in [1.165, 1.54) is 11.3 Å². The van der Waals surface area contributed by atoms with Gasteiger partial charge >= 0.3 is 0 Å². The topological polar surface area (TPSA) is 42.4 Å². The molecule has 4 nitrogen and oxygen atoms in total. The molecule has 0 saturated carbocycles. The summed E-state index contributed by atoms with van der Waals surface area (Å²) in [6.45, 7) is 9.02. The lowest BCUT2D eigenvalue weighted by molar-refractivity contribution is 0.112. The molecule has 1 aromatic heterocycles. The van der Waals surface area contributed by atoms with E-state index in [4.69, 9.17) is 9.72 Å². The molecule has 1 aliphatic rings. The second-order valence-electron chi connectivity index (χ2n) is 5.35. The number of likely N-dealkylation sites (N-methyl/N-ethyl adjacent to an activating group) is 1. The van der Waals surface area contributed by atoms with E-state index in [-0.39, 0.29) is 0 Å². The summed E-state index contributed by atoms with van der Waals surface area (Å²) in [5.41, 5.74) is 0.952. The summed E-state index contributed by atoms with van der Waals surface area (Å²) in [5.74, 6) is 0.335. The van der Waals surface area contributed by atoms with Gasteiger partial charge in [0, 0.05) is 19.7 Å². The average molecular weight is 296 g/mol. The molecule has 1 aromatic rings. The first-order valence-electron chi connectivity index (χ1n) is 7.52. The highest BCUT2D eigenvalue weighted by molar-refractivity contribution is 7.17. The van der Waals surface area contributed by atoms with Crippen molar-refractivity contribution in [3.05, 3.63) is 10.6 Å². The van der Waals surface area contributed by atoms with Gasteiger partial charge in [0.05, 0.1) is 16.7 Å². The molecule has 2 heterocycles. The van der Waals surface area contributed by atoms with Gasteiger partial charge < -0.3 is 9.64 Å². The molecular weight excluding hydrogens is 272 g/mol. The molecule has 2 unspecified atom stereocenters. The van der Waals surface area contributed by atoms with Crippen molar-refractivity contribution in [2.75, 3.05) is 24.6 Å². The average Bonchev–Trinajstić information content (AvgIpc) is 3.12. The van der Waals surface area contributed by atoms with Gasteiger partial charge in [-0.05, 0) is 32.1 Å². The van der Waals surface area contributed by atoms with Gasteiger partial charge in [-0.25, -0.2) is 4.98 Å². The lowest BCUT2D eigenvalue weighted by Crippen LogP contribution is -2.31. The fourth-order valence-corrected chi connectivity index (χ4v) is 3.55. The van der Waals surface area contributed by atoms with Crippen molar-refractivity contribution in [1.82, 2.24) is 4.98 Å². The number of thiazole rings is 1. The van der Waals surface area contributed by atoms with Gasteiger partial charge in [0.1, 0.15) is 0 Å². The normalized spacial score (nSPS) is 20.1. The van der Waals surface area contributed by atoms with E-state index in [1.54, 1.807) is 0 Å². The Morgan fingerprint density at radius 1 is 1.55 bits per heavy atom. The highest BCUT2D eigenvalue weighted by Gasteiger charge is 2.23. The molecule has 0 radical (unpaired) electrons. The molecule has 0 amide bonds. The van der Waals surface area contributed by atoms with E-state index in [9.17, 15) is 4.79 Å². The number of aromatic nitrogens is 1. The zero-order valence-corrected chi connectivity index (χ0v) is 13.4. The van der Waals surface area contributed by atoms with Crippen LogP contribution < -0.4 is 4.90 Å². The maximum Gasteiger partial charge on any atom is 0.186 e. The molecule has 0 N–H and O–H groups in total. The summed E-state index contributed by atoms with van der Waals surface area (Å²) in [7, 11) is 0. The summed E-state index contributed by atoms with van der Waals surface area (Å²) in [6.07, 6.45) is 4.54. The SMILES string of the molecule is CCC(C)c1nc(N(CC)CC2CCCO2)sc1C=O. The second-order valence-corrected chi connectivity index (χ2v) is 6.36. The molecule has 0 spiro atoms. The third kappa shape index (κ3) is 3.38. The molecular formula is C15H24N2O2S.